The van der Waals surface area contributed by atoms with Crippen molar-refractivity contribution in [2.24, 2.45) is 0 Å². The van der Waals surface area contributed by atoms with Gasteiger partial charge in [-0.3, -0.25) is 0 Å². The van der Waals surface area contributed by atoms with Crippen molar-refractivity contribution in [3.8, 4) is 11.8 Å². The summed E-state index contributed by atoms with van der Waals surface area (Å²) in [4.78, 5) is 3.04. The molecule has 0 aromatic carbocycles. The number of alkyl halides is 6. The first-order chi connectivity index (χ1) is 8.54. The zero-order chi connectivity index (χ0) is 14.8. The second kappa shape index (κ2) is 5.40. The maximum Gasteiger partial charge on any atom is 0.573 e. The number of hydrogen-bond donors (Lipinski definition) is 0. The molecule has 1 heterocycles. The lowest BCUT2D eigenvalue weighted by molar-refractivity contribution is -0.276. The molecule has 19 heavy (non-hydrogen) atoms. The van der Waals surface area contributed by atoms with Crippen LogP contribution in [-0.2, 0) is 12.6 Å². The van der Waals surface area contributed by atoms with Gasteiger partial charge in [-0.25, -0.2) is 4.98 Å². The highest BCUT2D eigenvalue weighted by Crippen LogP contribution is 2.38. The van der Waals surface area contributed by atoms with Crippen LogP contribution in [0.2, 0.25) is 0 Å². The highest BCUT2D eigenvalue weighted by atomic mass is 127. The smallest absolute Gasteiger partial charge is 0.403 e. The Bertz CT molecular complexity index is 519. The molecule has 1 rings (SSSR count). The first-order valence-electron chi connectivity index (χ1n) is 4.44. The second-order valence-electron chi connectivity index (χ2n) is 3.14. The van der Waals surface area contributed by atoms with Crippen LogP contribution in [0.4, 0.5) is 26.3 Å². The largest absolute Gasteiger partial charge is 0.573 e. The van der Waals surface area contributed by atoms with Gasteiger partial charge in [-0.15, -0.1) is 13.2 Å². The molecule has 0 atom stereocenters. The number of pyridine rings is 1. The quantitative estimate of drug-likeness (QED) is 0.567. The van der Waals surface area contributed by atoms with Crippen LogP contribution < -0.4 is 4.74 Å². The Kier molecular flexibility index (Phi) is 4.49. The van der Waals surface area contributed by atoms with Crippen LogP contribution in [0, 0.1) is 14.9 Å². The van der Waals surface area contributed by atoms with E-state index in [9.17, 15) is 26.3 Å². The highest BCUT2D eigenvalue weighted by Gasteiger charge is 2.41. The molecule has 3 nitrogen and oxygen atoms in total. The summed E-state index contributed by atoms with van der Waals surface area (Å²) in [5.41, 5.74) is -2.07. The summed E-state index contributed by atoms with van der Waals surface area (Å²) < 4.78 is 77.1. The summed E-state index contributed by atoms with van der Waals surface area (Å²) in [6.45, 7) is 0. The van der Waals surface area contributed by atoms with E-state index >= 15 is 0 Å². The fourth-order valence-corrected chi connectivity index (χ4v) is 1.71. The van der Waals surface area contributed by atoms with Gasteiger partial charge in [0.15, 0.2) is 11.4 Å². The number of halogens is 7. The van der Waals surface area contributed by atoms with E-state index in [0.29, 0.717) is 6.07 Å². The van der Waals surface area contributed by atoms with Crippen molar-refractivity contribution in [3.05, 3.63) is 21.0 Å². The topological polar surface area (TPSA) is 45.9 Å². The lowest BCUT2D eigenvalue weighted by Gasteiger charge is -2.16. The predicted molar refractivity (Wildman–Crippen MR) is 58.0 cm³/mol. The van der Waals surface area contributed by atoms with Crippen LogP contribution in [-0.4, -0.2) is 11.3 Å². The molecule has 1 aromatic heterocycles. The van der Waals surface area contributed by atoms with E-state index in [1.165, 1.54) is 22.6 Å². The van der Waals surface area contributed by atoms with E-state index in [0.717, 1.165) is 0 Å². The fraction of sp³-hybridized carbons (Fsp3) is 0.333. The minimum atomic E-state index is -5.26. The van der Waals surface area contributed by atoms with Crippen molar-refractivity contribution in [1.82, 2.24) is 4.98 Å². The van der Waals surface area contributed by atoms with Gasteiger partial charge in [0.05, 0.1) is 18.2 Å². The number of nitrogens with zero attached hydrogens (tertiary/aromatic N) is 2. The highest BCUT2D eigenvalue weighted by molar-refractivity contribution is 14.1. The molecule has 0 fully saturated rings. The van der Waals surface area contributed by atoms with Crippen LogP contribution in [0.3, 0.4) is 0 Å². The summed E-state index contributed by atoms with van der Waals surface area (Å²) in [6, 6.07) is 2.13. The average molecular weight is 396 g/mol. The van der Waals surface area contributed by atoms with E-state index in [2.05, 4.69) is 9.72 Å². The minimum absolute atomic E-state index is 0.0219. The average Bonchev–Trinajstić information content (AvgIpc) is 2.17. The van der Waals surface area contributed by atoms with Crippen molar-refractivity contribution in [1.29, 1.82) is 5.26 Å². The third kappa shape index (κ3) is 4.41. The molecule has 1 aromatic rings. The second-order valence-corrected chi connectivity index (χ2v) is 4.31. The van der Waals surface area contributed by atoms with E-state index in [4.69, 9.17) is 5.26 Å². The summed E-state index contributed by atoms with van der Waals surface area (Å²) >= 11 is 1.48. The molecule has 0 saturated heterocycles. The number of hydrogen-bond acceptors (Lipinski definition) is 3. The van der Waals surface area contributed by atoms with Crippen LogP contribution in [0.15, 0.2) is 6.07 Å². The molecule has 0 unspecified atom stereocenters. The molecule has 0 radical (unpaired) electrons. The van der Waals surface area contributed by atoms with Crippen LogP contribution in [0.5, 0.6) is 5.75 Å². The van der Waals surface area contributed by atoms with Gasteiger partial charge < -0.3 is 4.74 Å². The lowest BCUT2D eigenvalue weighted by atomic mass is 10.2. The van der Waals surface area contributed by atoms with E-state index in [-0.39, 0.29) is 9.26 Å². The van der Waals surface area contributed by atoms with Gasteiger partial charge in [-0.2, -0.15) is 18.4 Å². The van der Waals surface area contributed by atoms with Gasteiger partial charge in [-0.05, 0) is 28.7 Å². The predicted octanol–water partition coefficient (Wildman–Crippen LogP) is 3.67. The van der Waals surface area contributed by atoms with Crippen LogP contribution >= 0.6 is 22.6 Å². The van der Waals surface area contributed by atoms with Crippen molar-refractivity contribution < 1.29 is 31.1 Å². The van der Waals surface area contributed by atoms with Crippen molar-refractivity contribution in [2.75, 3.05) is 0 Å². The van der Waals surface area contributed by atoms with Gasteiger partial charge in [-0.1, -0.05) is 0 Å². The Labute approximate surface area is 116 Å². The molecule has 0 N–H and O–H groups in total. The van der Waals surface area contributed by atoms with Gasteiger partial charge in [0.1, 0.15) is 0 Å². The Morgan fingerprint density at radius 2 is 1.84 bits per heavy atom. The van der Waals surface area contributed by atoms with E-state index in [1.807, 2.05) is 0 Å². The standard InChI is InChI=1S/C9H3F6IN2O/c10-8(11,12)7-6(19-9(13,14)15)3-4(16)5(18-7)1-2-17/h3H,1H2. The van der Waals surface area contributed by atoms with Crippen LogP contribution in [0.1, 0.15) is 11.4 Å². The summed E-state index contributed by atoms with van der Waals surface area (Å²) in [7, 11) is 0. The molecular formula is C9H3F6IN2O. The SMILES string of the molecule is N#CCc1nc(C(F)(F)F)c(OC(F)(F)F)cc1I. The fourth-order valence-electron chi connectivity index (χ4n) is 1.11. The zero-order valence-electron chi connectivity index (χ0n) is 8.73. The third-order valence-electron chi connectivity index (χ3n) is 1.75. The molecular weight excluding hydrogens is 393 g/mol. The Morgan fingerprint density at radius 1 is 1.26 bits per heavy atom. The Hall–Kier alpha value is -1.25. The lowest BCUT2D eigenvalue weighted by Crippen LogP contribution is -2.21. The van der Waals surface area contributed by atoms with Gasteiger partial charge in [0.2, 0.25) is 0 Å². The number of aromatic nitrogens is 1. The Morgan fingerprint density at radius 3 is 2.26 bits per heavy atom. The maximum atomic E-state index is 12.6. The van der Waals surface area contributed by atoms with Gasteiger partial charge in [0, 0.05) is 3.57 Å². The van der Waals surface area contributed by atoms with Crippen molar-refractivity contribution in [2.45, 2.75) is 19.0 Å². The Balaban J connectivity index is 3.38. The van der Waals surface area contributed by atoms with Gasteiger partial charge in [0.25, 0.3) is 0 Å². The molecule has 0 aliphatic rings. The monoisotopic (exact) mass is 396 g/mol. The molecule has 0 saturated carbocycles. The number of ether oxygens (including phenoxy) is 1. The normalized spacial score (nSPS) is 12.1. The van der Waals surface area contributed by atoms with E-state index < -0.39 is 30.4 Å². The number of rotatable bonds is 2. The summed E-state index contributed by atoms with van der Waals surface area (Å²) in [6.07, 6.45) is -10.8. The molecule has 0 bridgehead atoms. The molecule has 0 amide bonds. The summed E-state index contributed by atoms with van der Waals surface area (Å²) in [5.74, 6) is -1.44. The number of nitriles is 1. The minimum Gasteiger partial charge on any atom is -0.403 e. The van der Waals surface area contributed by atoms with E-state index in [1.54, 1.807) is 6.07 Å². The molecule has 0 aliphatic carbocycles. The van der Waals surface area contributed by atoms with Gasteiger partial charge >= 0.3 is 12.5 Å². The first kappa shape index (κ1) is 15.8. The third-order valence-corrected chi connectivity index (χ3v) is 2.69. The first-order valence-corrected chi connectivity index (χ1v) is 5.52. The van der Waals surface area contributed by atoms with Crippen LogP contribution in [0.25, 0.3) is 0 Å². The zero-order valence-corrected chi connectivity index (χ0v) is 10.9. The summed E-state index contributed by atoms with van der Waals surface area (Å²) in [5, 5.41) is 8.41. The van der Waals surface area contributed by atoms with Crippen molar-refractivity contribution >= 4 is 22.6 Å². The molecule has 0 aliphatic heterocycles. The molecule has 104 valence electrons. The molecule has 10 heteroatoms. The van der Waals surface area contributed by atoms with Crippen molar-refractivity contribution in [3.63, 3.8) is 0 Å². The molecule has 0 spiro atoms. The maximum absolute atomic E-state index is 12.6.